The van der Waals surface area contributed by atoms with Crippen molar-refractivity contribution in [2.45, 2.75) is 25.9 Å². The molecule has 11 heteroatoms. The van der Waals surface area contributed by atoms with Crippen molar-refractivity contribution in [1.29, 1.82) is 0 Å². The quantitative estimate of drug-likeness (QED) is 0.375. The van der Waals surface area contributed by atoms with Gasteiger partial charge in [0.1, 0.15) is 11.8 Å². The first kappa shape index (κ1) is 29.8. The Morgan fingerprint density at radius 3 is 2.40 bits per heavy atom. The molecule has 0 spiro atoms. The van der Waals surface area contributed by atoms with Crippen LogP contribution in [0.3, 0.4) is 0 Å². The molecular formula is C31H32Cl2N4O5. The average molecular weight is 612 g/mol. The van der Waals surface area contributed by atoms with Gasteiger partial charge in [0.05, 0.1) is 35.0 Å². The normalized spacial score (nSPS) is 16.7. The van der Waals surface area contributed by atoms with Crippen molar-refractivity contribution in [2.24, 2.45) is 0 Å². The fraction of sp³-hybridized carbons (Fsp3) is 0.323. The number of morpholine rings is 1. The highest BCUT2D eigenvalue weighted by Crippen LogP contribution is 2.39. The van der Waals surface area contributed by atoms with Crippen molar-refractivity contribution in [2.75, 3.05) is 49.7 Å². The van der Waals surface area contributed by atoms with E-state index in [0.29, 0.717) is 41.9 Å². The highest BCUT2D eigenvalue weighted by Gasteiger charge is 2.35. The number of nitrogens with one attached hydrogen (secondary N) is 2. The van der Waals surface area contributed by atoms with Crippen LogP contribution in [0.4, 0.5) is 11.4 Å². The van der Waals surface area contributed by atoms with E-state index >= 15 is 0 Å². The summed E-state index contributed by atoms with van der Waals surface area (Å²) in [5.74, 6) is -0.425. The first-order chi connectivity index (χ1) is 20.2. The molecule has 1 fully saturated rings. The Kier molecular flexibility index (Phi) is 9.33. The Morgan fingerprint density at radius 2 is 1.67 bits per heavy atom. The molecule has 1 saturated heterocycles. The van der Waals surface area contributed by atoms with Gasteiger partial charge in [-0.25, -0.2) is 0 Å². The van der Waals surface area contributed by atoms with Crippen molar-refractivity contribution in [1.82, 2.24) is 10.2 Å². The Bertz CT molecular complexity index is 1490. The third-order valence-electron chi connectivity index (χ3n) is 7.31. The molecule has 2 atom stereocenters. The molecule has 2 heterocycles. The molecule has 5 rings (SSSR count). The maximum absolute atomic E-state index is 13.8. The highest BCUT2D eigenvalue weighted by atomic mass is 35.5. The number of hydrogen-bond donors (Lipinski definition) is 2. The lowest BCUT2D eigenvalue weighted by Crippen LogP contribution is -2.53. The first-order valence-electron chi connectivity index (χ1n) is 13.7. The Labute approximate surface area is 254 Å². The van der Waals surface area contributed by atoms with E-state index in [4.69, 9.17) is 32.7 Å². The molecule has 0 radical (unpaired) electrons. The highest BCUT2D eigenvalue weighted by molar-refractivity contribution is 6.42. The van der Waals surface area contributed by atoms with Gasteiger partial charge in [-0.3, -0.25) is 24.2 Å². The molecule has 3 aromatic rings. The fourth-order valence-corrected chi connectivity index (χ4v) is 5.50. The van der Waals surface area contributed by atoms with Crippen LogP contribution < -0.4 is 20.3 Å². The van der Waals surface area contributed by atoms with Gasteiger partial charge in [-0.1, -0.05) is 53.5 Å². The zero-order valence-electron chi connectivity index (χ0n) is 23.4. The molecule has 2 N–H and O–H groups in total. The summed E-state index contributed by atoms with van der Waals surface area (Å²) in [6, 6.07) is 17.5. The van der Waals surface area contributed by atoms with Crippen LogP contribution in [0.25, 0.3) is 11.1 Å². The number of hydrogen-bond acceptors (Lipinski definition) is 6. The van der Waals surface area contributed by atoms with Crippen molar-refractivity contribution in [3.05, 3.63) is 76.3 Å². The second-order valence-electron chi connectivity index (χ2n) is 10.3. The van der Waals surface area contributed by atoms with E-state index in [-0.39, 0.29) is 35.4 Å². The van der Waals surface area contributed by atoms with Crippen LogP contribution in [-0.4, -0.2) is 68.1 Å². The second-order valence-corrected chi connectivity index (χ2v) is 11.1. The van der Waals surface area contributed by atoms with Crippen molar-refractivity contribution in [3.8, 4) is 16.9 Å². The predicted molar refractivity (Wildman–Crippen MR) is 163 cm³/mol. The Hall–Kier alpha value is -3.63. The topological polar surface area (TPSA) is 100 Å². The standard InChI is InChI=1S/C31H32Cl2N4O5/c1-19(37-28-15-25(32)26(33)16-29(28)42-18-30(37)39)31(40)35-27(17-36-9-11-41-12-10-36)23-7-3-5-21(13-23)22-6-4-8-24(14-22)34-20(2)38/h3-8,13-16,19,27H,9-12,17-18H2,1-2H3,(H,34,38)(H,35,40). The lowest BCUT2D eigenvalue weighted by atomic mass is 9.98. The maximum atomic E-state index is 13.8. The van der Waals surface area contributed by atoms with E-state index in [1.807, 2.05) is 48.5 Å². The van der Waals surface area contributed by atoms with Crippen LogP contribution in [0.2, 0.25) is 10.0 Å². The smallest absolute Gasteiger partial charge is 0.265 e. The summed E-state index contributed by atoms with van der Waals surface area (Å²) in [4.78, 5) is 42.0. The summed E-state index contributed by atoms with van der Waals surface area (Å²) >= 11 is 12.4. The van der Waals surface area contributed by atoms with Gasteiger partial charge in [0, 0.05) is 38.3 Å². The molecular weight excluding hydrogens is 579 g/mol. The van der Waals surface area contributed by atoms with Crippen LogP contribution in [0.1, 0.15) is 25.5 Å². The van der Waals surface area contributed by atoms with Gasteiger partial charge in [0.2, 0.25) is 11.8 Å². The van der Waals surface area contributed by atoms with Gasteiger partial charge in [0.15, 0.2) is 6.61 Å². The fourth-order valence-electron chi connectivity index (χ4n) is 5.19. The minimum atomic E-state index is -0.845. The minimum Gasteiger partial charge on any atom is -0.482 e. The lowest BCUT2D eigenvalue weighted by molar-refractivity contribution is -0.128. The number of rotatable bonds is 8. The Balaban J connectivity index is 1.42. The summed E-state index contributed by atoms with van der Waals surface area (Å²) in [6.45, 7) is 6.24. The van der Waals surface area contributed by atoms with E-state index in [9.17, 15) is 14.4 Å². The molecule has 2 aliphatic rings. The number of amides is 3. The van der Waals surface area contributed by atoms with E-state index in [0.717, 1.165) is 29.8 Å². The number of carbonyl (C=O) groups excluding carboxylic acids is 3. The summed E-state index contributed by atoms with van der Waals surface area (Å²) in [6.07, 6.45) is 0. The molecule has 0 bridgehead atoms. The molecule has 0 aliphatic carbocycles. The number of halogens is 2. The van der Waals surface area contributed by atoms with Gasteiger partial charge in [-0.15, -0.1) is 0 Å². The van der Waals surface area contributed by atoms with E-state index < -0.39 is 6.04 Å². The second kappa shape index (κ2) is 13.1. The van der Waals surface area contributed by atoms with E-state index in [2.05, 4.69) is 15.5 Å². The largest absolute Gasteiger partial charge is 0.482 e. The number of fused-ring (bicyclic) bond motifs is 1. The summed E-state index contributed by atoms with van der Waals surface area (Å²) in [7, 11) is 0. The summed E-state index contributed by atoms with van der Waals surface area (Å²) in [5, 5.41) is 6.58. The third-order valence-corrected chi connectivity index (χ3v) is 8.04. The van der Waals surface area contributed by atoms with Crippen LogP contribution in [-0.2, 0) is 19.1 Å². The molecule has 0 saturated carbocycles. The average Bonchev–Trinajstić information content (AvgIpc) is 2.98. The molecule has 42 heavy (non-hydrogen) atoms. The third kappa shape index (κ3) is 6.87. The van der Waals surface area contributed by atoms with Gasteiger partial charge < -0.3 is 20.1 Å². The number of carbonyl (C=O) groups is 3. The van der Waals surface area contributed by atoms with Crippen molar-refractivity contribution >= 4 is 52.3 Å². The monoisotopic (exact) mass is 610 g/mol. The maximum Gasteiger partial charge on any atom is 0.265 e. The van der Waals surface area contributed by atoms with Crippen LogP contribution in [0.15, 0.2) is 60.7 Å². The number of nitrogens with zero attached hydrogens (tertiary/aromatic N) is 2. The van der Waals surface area contributed by atoms with Crippen LogP contribution in [0.5, 0.6) is 5.75 Å². The van der Waals surface area contributed by atoms with Gasteiger partial charge >= 0.3 is 0 Å². The SMILES string of the molecule is CC(=O)Nc1cccc(-c2cccc(C(CN3CCOCC3)NC(=O)C(C)N3C(=O)COc4cc(Cl)c(Cl)cc43)c2)c1. The molecule has 0 aromatic heterocycles. The van der Waals surface area contributed by atoms with Gasteiger partial charge in [-0.05, 0) is 47.9 Å². The zero-order chi connectivity index (χ0) is 29.8. The molecule has 2 aliphatic heterocycles. The van der Waals surface area contributed by atoms with Crippen molar-refractivity contribution < 1.29 is 23.9 Å². The number of benzene rings is 3. The first-order valence-corrected chi connectivity index (χ1v) is 14.5. The lowest BCUT2D eigenvalue weighted by Gasteiger charge is -2.35. The van der Waals surface area contributed by atoms with E-state index in [1.165, 1.54) is 11.8 Å². The van der Waals surface area contributed by atoms with Gasteiger partial charge in [0.25, 0.3) is 5.91 Å². The van der Waals surface area contributed by atoms with Crippen molar-refractivity contribution in [3.63, 3.8) is 0 Å². The molecule has 9 nitrogen and oxygen atoms in total. The minimum absolute atomic E-state index is 0.143. The molecule has 220 valence electrons. The molecule has 3 amide bonds. The van der Waals surface area contributed by atoms with Gasteiger partial charge in [-0.2, -0.15) is 0 Å². The van der Waals surface area contributed by atoms with Crippen LogP contribution in [0, 0.1) is 0 Å². The molecule has 3 aromatic carbocycles. The van der Waals surface area contributed by atoms with Crippen LogP contribution >= 0.6 is 23.2 Å². The Morgan fingerprint density at radius 1 is 0.976 bits per heavy atom. The van der Waals surface area contributed by atoms with E-state index in [1.54, 1.807) is 19.1 Å². The summed E-state index contributed by atoms with van der Waals surface area (Å²) < 4.78 is 11.1. The zero-order valence-corrected chi connectivity index (χ0v) is 24.9. The molecule has 2 unspecified atom stereocenters. The predicted octanol–water partition coefficient (Wildman–Crippen LogP) is 4.92. The number of anilines is 2. The number of ether oxygens (including phenoxy) is 2. The summed E-state index contributed by atoms with van der Waals surface area (Å²) in [5.41, 5.74) is 3.88.